The van der Waals surface area contributed by atoms with E-state index in [0.717, 1.165) is 30.8 Å². The third-order valence-corrected chi connectivity index (χ3v) is 4.32. The molecule has 2 rings (SSSR count). The fraction of sp³-hybridized carbons (Fsp3) is 0.588. The topological polar surface area (TPSA) is 46.3 Å². The molecular weight excluding hydrogens is 248 g/mol. The number of nitrogens with zero attached hydrogens (tertiary/aromatic N) is 1. The van der Waals surface area contributed by atoms with Crippen LogP contribution in [0.3, 0.4) is 0 Å². The molecule has 2 N–H and O–H groups in total. The van der Waals surface area contributed by atoms with E-state index in [1.165, 1.54) is 19.3 Å². The van der Waals surface area contributed by atoms with E-state index < -0.39 is 0 Å². The van der Waals surface area contributed by atoms with Crippen LogP contribution in [0.25, 0.3) is 0 Å². The summed E-state index contributed by atoms with van der Waals surface area (Å²) in [7, 11) is 0. The highest BCUT2D eigenvalue weighted by molar-refractivity contribution is 5.79. The van der Waals surface area contributed by atoms with Crippen LogP contribution >= 0.6 is 0 Å². The molecule has 110 valence electrons. The molecule has 0 saturated carbocycles. The maximum atomic E-state index is 12.4. The van der Waals surface area contributed by atoms with Crippen molar-refractivity contribution < 1.29 is 4.79 Å². The van der Waals surface area contributed by atoms with Gasteiger partial charge in [0.05, 0.1) is 6.42 Å². The number of likely N-dealkylation sites (tertiary alicyclic amines) is 1. The smallest absolute Gasteiger partial charge is 0.227 e. The molecule has 1 amide bonds. The van der Waals surface area contributed by atoms with E-state index >= 15 is 0 Å². The van der Waals surface area contributed by atoms with Crippen molar-refractivity contribution >= 4 is 11.6 Å². The normalized spacial score (nSPS) is 22.8. The predicted molar refractivity (Wildman–Crippen MR) is 83.4 cm³/mol. The quantitative estimate of drug-likeness (QED) is 0.857. The first-order valence-electron chi connectivity index (χ1n) is 7.65. The molecule has 1 aromatic rings. The lowest BCUT2D eigenvalue weighted by Crippen LogP contribution is -2.45. The van der Waals surface area contributed by atoms with Crippen LogP contribution in [0.4, 0.5) is 5.69 Å². The van der Waals surface area contributed by atoms with Crippen molar-refractivity contribution in [3.8, 4) is 0 Å². The minimum atomic E-state index is 0.247. The first-order chi connectivity index (χ1) is 9.52. The van der Waals surface area contributed by atoms with Crippen molar-refractivity contribution in [2.75, 3.05) is 18.8 Å². The highest BCUT2D eigenvalue weighted by atomic mass is 16.2. The summed E-state index contributed by atoms with van der Waals surface area (Å²) in [6.07, 6.45) is 5.26. The van der Waals surface area contributed by atoms with E-state index in [1.807, 2.05) is 24.3 Å². The molecule has 20 heavy (non-hydrogen) atoms. The molecule has 1 heterocycles. The van der Waals surface area contributed by atoms with Crippen LogP contribution < -0.4 is 5.73 Å². The van der Waals surface area contributed by atoms with Crippen LogP contribution in [-0.2, 0) is 11.2 Å². The third kappa shape index (κ3) is 3.75. The minimum absolute atomic E-state index is 0.247. The monoisotopic (exact) mass is 274 g/mol. The Labute approximate surface area is 122 Å². The zero-order valence-corrected chi connectivity index (χ0v) is 12.7. The lowest BCUT2D eigenvalue weighted by molar-refractivity contribution is -0.133. The van der Waals surface area contributed by atoms with Crippen LogP contribution in [0.2, 0.25) is 0 Å². The van der Waals surface area contributed by atoms with E-state index in [2.05, 4.69) is 18.7 Å². The van der Waals surface area contributed by atoms with Gasteiger partial charge in [-0.05, 0) is 42.4 Å². The summed E-state index contributed by atoms with van der Waals surface area (Å²) in [5.41, 5.74) is 7.78. The molecule has 0 aromatic heterocycles. The Morgan fingerprint density at radius 1 is 1.35 bits per heavy atom. The van der Waals surface area contributed by atoms with E-state index in [9.17, 15) is 4.79 Å². The van der Waals surface area contributed by atoms with Crippen LogP contribution in [0, 0.1) is 5.41 Å². The number of rotatable bonds is 4. The molecule has 3 nitrogen and oxygen atoms in total. The Kier molecular flexibility index (Phi) is 4.69. The number of hydrogen-bond acceptors (Lipinski definition) is 2. The number of hydrogen-bond donors (Lipinski definition) is 1. The van der Waals surface area contributed by atoms with Gasteiger partial charge >= 0.3 is 0 Å². The third-order valence-electron chi connectivity index (χ3n) is 4.32. The number of anilines is 1. The van der Waals surface area contributed by atoms with Crippen LogP contribution in [0.1, 0.15) is 45.1 Å². The number of nitrogens with two attached hydrogens (primary N) is 1. The number of carbonyl (C=O) groups is 1. The standard InChI is InChI=1S/C17H26N2O/c1-3-9-17(2)10-4-11-19(13-17)16(20)12-14-5-7-15(18)8-6-14/h5-8H,3-4,9-13,18H2,1-2H3. The Morgan fingerprint density at radius 3 is 2.70 bits per heavy atom. The molecular formula is C17H26N2O. The van der Waals surface area contributed by atoms with Crippen LogP contribution in [0.5, 0.6) is 0 Å². The van der Waals surface area contributed by atoms with Gasteiger partial charge < -0.3 is 10.6 Å². The van der Waals surface area contributed by atoms with Gasteiger partial charge in [0.25, 0.3) is 0 Å². The van der Waals surface area contributed by atoms with E-state index in [0.29, 0.717) is 11.8 Å². The van der Waals surface area contributed by atoms with E-state index in [4.69, 9.17) is 5.73 Å². The lowest BCUT2D eigenvalue weighted by atomic mass is 9.78. The molecule has 1 saturated heterocycles. The second-order valence-corrected chi connectivity index (χ2v) is 6.40. The summed E-state index contributed by atoms with van der Waals surface area (Å²) < 4.78 is 0. The number of amides is 1. The minimum Gasteiger partial charge on any atom is -0.399 e. The SMILES string of the molecule is CCCC1(C)CCCN(C(=O)Cc2ccc(N)cc2)C1. The Balaban J connectivity index is 1.96. The molecule has 0 spiro atoms. The molecule has 3 heteroatoms. The maximum absolute atomic E-state index is 12.4. The molecule has 1 aliphatic heterocycles. The lowest BCUT2D eigenvalue weighted by Gasteiger charge is -2.40. The van der Waals surface area contributed by atoms with E-state index in [1.54, 1.807) is 0 Å². The van der Waals surface area contributed by atoms with Crippen molar-refractivity contribution in [2.24, 2.45) is 5.41 Å². The summed E-state index contributed by atoms with van der Waals surface area (Å²) in [4.78, 5) is 14.5. The zero-order valence-electron chi connectivity index (χ0n) is 12.7. The highest BCUT2D eigenvalue weighted by Crippen LogP contribution is 2.34. The second-order valence-electron chi connectivity index (χ2n) is 6.40. The summed E-state index contributed by atoms with van der Waals surface area (Å²) in [6, 6.07) is 7.62. The molecule has 1 unspecified atom stereocenters. The molecule has 0 bridgehead atoms. The number of benzene rings is 1. The van der Waals surface area contributed by atoms with Gasteiger partial charge in [-0.25, -0.2) is 0 Å². The average molecular weight is 274 g/mol. The predicted octanol–water partition coefficient (Wildman–Crippen LogP) is 3.24. The Bertz CT molecular complexity index is 451. The van der Waals surface area contributed by atoms with Gasteiger partial charge in [-0.2, -0.15) is 0 Å². The van der Waals surface area contributed by atoms with Crippen molar-refractivity contribution in [3.63, 3.8) is 0 Å². The molecule has 1 aromatic carbocycles. The summed E-state index contributed by atoms with van der Waals surface area (Å²) >= 11 is 0. The van der Waals surface area contributed by atoms with Crippen LogP contribution in [-0.4, -0.2) is 23.9 Å². The van der Waals surface area contributed by atoms with Gasteiger partial charge in [-0.3, -0.25) is 4.79 Å². The first-order valence-corrected chi connectivity index (χ1v) is 7.65. The average Bonchev–Trinajstić information content (AvgIpc) is 2.41. The molecule has 0 radical (unpaired) electrons. The van der Waals surface area contributed by atoms with Crippen molar-refractivity contribution in [1.29, 1.82) is 0 Å². The number of piperidine rings is 1. The summed E-state index contributed by atoms with van der Waals surface area (Å²) in [5.74, 6) is 0.247. The fourth-order valence-electron chi connectivity index (χ4n) is 3.26. The van der Waals surface area contributed by atoms with Gasteiger partial charge in [0.15, 0.2) is 0 Å². The number of nitrogen functional groups attached to an aromatic ring is 1. The molecule has 1 aliphatic rings. The number of carbonyl (C=O) groups excluding carboxylic acids is 1. The summed E-state index contributed by atoms with van der Waals surface area (Å²) in [6.45, 7) is 6.36. The zero-order chi connectivity index (χ0) is 14.6. The van der Waals surface area contributed by atoms with Gasteiger partial charge in [-0.15, -0.1) is 0 Å². The van der Waals surface area contributed by atoms with Gasteiger partial charge in [-0.1, -0.05) is 32.4 Å². The van der Waals surface area contributed by atoms with Crippen LogP contribution in [0.15, 0.2) is 24.3 Å². The Hall–Kier alpha value is -1.51. The molecule has 1 fully saturated rings. The molecule has 0 aliphatic carbocycles. The fourth-order valence-corrected chi connectivity index (χ4v) is 3.26. The summed E-state index contributed by atoms with van der Waals surface area (Å²) in [5, 5.41) is 0. The van der Waals surface area contributed by atoms with Crippen molar-refractivity contribution in [2.45, 2.75) is 46.0 Å². The van der Waals surface area contributed by atoms with Crippen molar-refractivity contribution in [3.05, 3.63) is 29.8 Å². The van der Waals surface area contributed by atoms with E-state index in [-0.39, 0.29) is 5.91 Å². The second kappa shape index (κ2) is 6.29. The highest BCUT2D eigenvalue weighted by Gasteiger charge is 2.32. The maximum Gasteiger partial charge on any atom is 0.227 e. The first kappa shape index (κ1) is 14.9. The molecule has 1 atom stereocenters. The van der Waals surface area contributed by atoms with Gasteiger partial charge in [0, 0.05) is 18.8 Å². The Morgan fingerprint density at radius 2 is 2.05 bits per heavy atom. The van der Waals surface area contributed by atoms with Gasteiger partial charge in [0.1, 0.15) is 0 Å². The van der Waals surface area contributed by atoms with Crippen molar-refractivity contribution in [1.82, 2.24) is 4.90 Å². The largest absolute Gasteiger partial charge is 0.399 e. The van der Waals surface area contributed by atoms with Gasteiger partial charge in [0.2, 0.25) is 5.91 Å².